The van der Waals surface area contributed by atoms with E-state index in [0.29, 0.717) is 18.4 Å². The first-order valence-electron chi connectivity index (χ1n) is 9.19. The highest BCUT2D eigenvalue weighted by molar-refractivity contribution is 5.99. The Labute approximate surface area is 150 Å². The molecule has 25 heavy (non-hydrogen) atoms. The number of carboxylic acids is 1. The Morgan fingerprint density at radius 2 is 2.04 bits per heavy atom. The molecule has 0 aromatic rings. The molecule has 0 heterocycles. The minimum atomic E-state index is -1.40. The van der Waals surface area contributed by atoms with Crippen molar-refractivity contribution in [2.75, 3.05) is 0 Å². The van der Waals surface area contributed by atoms with Gasteiger partial charge in [0.15, 0.2) is 11.9 Å². The fourth-order valence-corrected chi connectivity index (χ4v) is 2.84. The number of hydrogen-bond donors (Lipinski definition) is 2. The van der Waals surface area contributed by atoms with Crippen LogP contribution in [0.1, 0.15) is 71.6 Å². The number of aliphatic carboxylic acids is 1. The summed E-state index contributed by atoms with van der Waals surface area (Å²) in [5.74, 6) is -1.05. The molecule has 4 nitrogen and oxygen atoms in total. The topological polar surface area (TPSA) is 74.6 Å². The number of aliphatic hydroxyl groups excluding tert-OH is 1. The van der Waals surface area contributed by atoms with Crippen molar-refractivity contribution in [2.24, 2.45) is 0 Å². The van der Waals surface area contributed by atoms with Crippen molar-refractivity contribution < 1.29 is 19.8 Å². The van der Waals surface area contributed by atoms with E-state index < -0.39 is 12.1 Å². The van der Waals surface area contributed by atoms with Crippen LogP contribution in [-0.2, 0) is 9.59 Å². The quantitative estimate of drug-likeness (QED) is 0.427. The van der Waals surface area contributed by atoms with Crippen LogP contribution in [0.25, 0.3) is 0 Å². The van der Waals surface area contributed by atoms with Gasteiger partial charge in [-0.25, -0.2) is 4.79 Å². The smallest absolute Gasteiger partial charge is 0.332 e. The predicted molar refractivity (Wildman–Crippen MR) is 99.3 cm³/mol. The summed E-state index contributed by atoms with van der Waals surface area (Å²) in [7, 11) is 0. The molecule has 1 aliphatic carbocycles. The van der Waals surface area contributed by atoms with Gasteiger partial charge in [0.05, 0.1) is 0 Å². The minimum Gasteiger partial charge on any atom is -0.479 e. The van der Waals surface area contributed by atoms with E-state index in [1.54, 1.807) is 13.0 Å². The summed E-state index contributed by atoms with van der Waals surface area (Å²) >= 11 is 0. The summed E-state index contributed by atoms with van der Waals surface area (Å²) < 4.78 is 0. The van der Waals surface area contributed by atoms with E-state index in [1.165, 1.54) is 25.7 Å². The normalized spacial score (nSPS) is 15.6. The fourth-order valence-electron chi connectivity index (χ4n) is 2.84. The zero-order valence-electron chi connectivity index (χ0n) is 15.4. The predicted octanol–water partition coefficient (Wildman–Crippen LogP) is 4.50. The highest BCUT2D eigenvalue weighted by Crippen LogP contribution is 2.27. The molecule has 0 bridgehead atoms. The maximum Gasteiger partial charge on any atom is 0.332 e. The number of carbonyl (C=O) groups excluding carboxylic acids is 1. The van der Waals surface area contributed by atoms with E-state index in [9.17, 15) is 14.7 Å². The molecule has 4 heteroatoms. The molecule has 0 fully saturated rings. The molecule has 0 saturated heterocycles. The van der Waals surface area contributed by atoms with Gasteiger partial charge in [-0.1, -0.05) is 38.3 Å². The van der Waals surface area contributed by atoms with E-state index in [4.69, 9.17) is 5.11 Å². The lowest BCUT2D eigenvalue weighted by molar-refractivity contribution is -0.146. The van der Waals surface area contributed by atoms with Crippen molar-refractivity contribution >= 4 is 11.8 Å². The molecule has 1 rings (SSSR count). The van der Waals surface area contributed by atoms with Crippen LogP contribution < -0.4 is 0 Å². The molecule has 1 atom stereocenters. The third-order valence-electron chi connectivity index (χ3n) is 4.33. The maximum atomic E-state index is 12.0. The number of aliphatic hydroxyl groups is 1. The summed E-state index contributed by atoms with van der Waals surface area (Å²) in [4.78, 5) is 22.7. The van der Waals surface area contributed by atoms with E-state index in [1.807, 2.05) is 0 Å². The third-order valence-corrected chi connectivity index (χ3v) is 4.33. The largest absolute Gasteiger partial charge is 0.479 e. The summed E-state index contributed by atoms with van der Waals surface area (Å²) in [5.41, 5.74) is 5.60. The zero-order chi connectivity index (χ0) is 18.7. The van der Waals surface area contributed by atoms with Crippen molar-refractivity contribution in [3.63, 3.8) is 0 Å². The van der Waals surface area contributed by atoms with Gasteiger partial charge in [0, 0.05) is 24.8 Å². The van der Waals surface area contributed by atoms with Gasteiger partial charge in [0.25, 0.3) is 0 Å². The average molecular weight is 346 g/mol. The second-order valence-corrected chi connectivity index (χ2v) is 6.57. The highest BCUT2D eigenvalue weighted by atomic mass is 16.4. The van der Waals surface area contributed by atoms with Gasteiger partial charge in [-0.05, 0) is 43.4 Å². The van der Waals surface area contributed by atoms with Gasteiger partial charge in [0.2, 0.25) is 0 Å². The number of carbonyl (C=O) groups is 2. The summed E-state index contributed by atoms with van der Waals surface area (Å²) in [5, 5.41) is 18.0. The van der Waals surface area contributed by atoms with Gasteiger partial charge in [0.1, 0.15) is 0 Å². The lowest BCUT2D eigenvalue weighted by Crippen LogP contribution is -2.19. The standard InChI is InChI=1S/C21H30O4/c1-3-4-5-6-7-8-11-17-13-14-19(22)18(17)12-9-10-16(2)15-20(23)21(24)25/h8-9,11,20,23H,3-7,12-15H2,1-2H3,(H,24,25). The van der Waals surface area contributed by atoms with Gasteiger partial charge in [-0.15, -0.1) is 5.73 Å². The van der Waals surface area contributed by atoms with Crippen LogP contribution in [0.15, 0.2) is 40.7 Å². The van der Waals surface area contributed by atoms with Crippen molar-refractivity contribution in [1.29, 1.82) is 0 Å². The van der Waals surface area contributed by atoms with Crippen LogP contribution in [0, 0.1) is 0 Å². The lowest BCUT2D eigenvalue weighted by atomic mass is 10.1. The van der Waals surface area contributed by atoms with Crippen molar-refractivity contribution in [3.8, 4) is 0 Å². The van der Waals surface area contributed by atoms with Crippen LogP contribution in [0.3, 0.4) is 0 Å². The van der Waals surface area contributed by atoms with Crippen molar-refractivity contribution in [2.45, 2.75) is 77.7 Å². The Bertz CT molecular complexity index is 589. The molecule has 0 saturated carbocycles. The number of unbranched alkanes of at least 4 members (excludes halogenated alkanes) is 4. The minimum absolute atomic E-state index is 0.0450. The third kappa shape index (κ3) is 8.15. The number of hydrogen-bond acceptors (Lipinski definition) is 3. The Morgan fingerprint density at radius 3 is 2.72 bits per heavy atom. The molecule has 0 spiro atoms. The number of ketones is 1. The summed E-state index contributed by atoms with van der Waals surface area (Å²) in [6.07, 6.45) is 12.5. The highest BCUT2D eigenvalue weighted by Gasteiger charge is 2.20. The number of allylic oxidation sites excluding steroid dienone is 4. The molecule has 2 N–H and O–H groups in total. The first kappa shape index (κ1) is 21.1. The monoisotopic (exact) mass is 346 g/mol. The number of carboxylic acid groups (broad SMARTS) is 1. The molecular formula is C21H30O4. The summed E-state index contributed by atoms with van der Waals surface area (Å²) in [6, 6.07) is 0. The average Bonchev–Trinajstić information content (AvgIpc) is 2.91. The molecule has 1 aliphatic rings. The Balaban J connectivity index is 2.62. The van der Waals surface area contributed by atoms with E-state index >= 15 is 0 Å². The van der Waals surface area contributed by atoms with Crippen LogP contribution in [0.4, 0.5) is 0 Å². The molecule has 0 amide bonds. The molecule has 0 radical (unpaired) electrons. The summed E-state index contributed by atoms with van der Waals surface area (Å²) in [6.45, 7) is 3.92. The first-order chi connectivity index (χ1) is 12.0. The van der Waals surface area contributed by atoms with Crippen LogP contribution in [0.2, 0.25) is 0 Å². The Hall–Kier alpha value is -1.90. The molecule has 0 aliphatic heterocycles. The van der Waals surface area contributed by atoms with E-state index in [2.05, 4.69) is 24.8 Å². The Morgan fingerprint density at radius 1 is 1.28 bits per heavy atom. The second-order valence-electron chi connectivity index (χ2n) is 6.57. The van der Waals surface area contributed by atoms with E-state index in [0.717, 1.165) is 24.0 Å². The van der Waals surface area contributed by atoms with Crippen LogP contribution >= 0.6 is 0 Å². The molecule has 1 unspecified atom stereocenters. The van der Waals surface area contributed by atoms with E-state index in [-0.39, 0.29) is 12.2 Å². The lowest BCUT2D eigenvalue weighted by Gasteiger charge is -2.03. The first-order valence-corrected chi connectivity index (χ1v) is 9.19. The molecule has 138 valence electrons. The molecular weight excluding hydrogens is 316 g/mol. The molecule has 0 aromatic heterocycles. The number of Topliss-reactive ketones (excluding diaryl/α,β-unsaturated/α-hetero) is 1. The SMILES string of the molecule is CCCCCCC=CC1=C(CC=C=C(C)CC(O)C(=O)O)C(=O)CC1. The van der Waals surface area contributed by atoms with Gasteiger partial charge in [-0.3, -0.25) is 4.79 Å². The van der Waals surface area contributed by atoms with Gasteiger partial charge in [-0.2, -0.15) is 0 Å². The van der Waals surface area contributed by atoms with Crippen LogP contribution in [0.5, 0.6) is 0 Å². The Kier molecular flexibility index (Phi) is 9.83. The fraction of sp³-hybridized carbons (Fsp3) is 0.571. The van der Waals surface area contributed by atoms with Crippen molar-refractivity contribution in [1.82, 2.24) is 0 Å². The van der Waals surface area contributed by atoms with Gasteiger partial charge < -0.3 is 10.2 Å². The second kappa shape index (κ2) is 11.6. The van der Waals surface area contributed by atoms with Crippen molar-refractivity contribution in [3.05, 3.63) is 40.7 Å². The van der Waals surface area contributed by atoms with Crippen LogP contribution in [-0.4, -0.2) is 28.1 Å². The maximum absolute atomic E-state index is 12.0. The molecule has 0 aromatic carbocycles. The number of rotatable bonds is 11. The zero-order valence-corrected chi connectivity index (χ0v) is 15.4. The van der Waals surface area contributed by atoms with Gasteiger partial charge >= 0.3 is 5.97 Å².